The third kappa shape index (κ3) is 4.78. The number of carbonyl (C=O) groups excluding carboxylic acids is 3. The van der Waals surface area contributed by atoms with E-state index in [-0.39, 0.29) is 22.9 Å². The zero-order valence-corrected chi connectivity index (χ0v) is 15.8. The SMILES string of the molecule is O=C(NNC(=O)C1CC(=O)N(Cc2ccccc2)C1)c1ccc(Cl)cc1Cl. The molecule has 3 amide bonds. The van der Waals surface area contributed by atoms with Crippen LogP contribution in [0.2, 0.25) is 10.0 Å². The average Bonchev–Trinajstić information content (AvgIpc) is 3.01. The monoisotopic (exact) mass is 405 g/mol. The summed E-state index contributed by atoms with van der Waals surface area (Å²) < 4.78 is 0. The second-order valence-corrected chi connectivity index (χ2v) is 7.07. The predicted octanol–water partition coefficient (Wildman–Crippen LogP) is 2.80. The fourth-order valence-corrected chi connectivity index (χ4v) is 3.36. The van der Waals surface area contributed by atoms with E-state index in [0.29, 0.717) is 18.1 Å². The molecule has 27 heavy (non-hydrogen) atoms. The maximum absolute atomic E-state index is 12.3. The van der Waals surface area contributed by atoms with Crippen LogP contribution in [0, 0.1) is 5.92 Å². The Kier molecular flexibility index (Phi) is 5.98. The van der Waals surface area contributed by atoms with Gasteiger partial charge in [-0.2, -0.15) is 0 Å². The molecule has 0 saturated carbocycles. The Morgan fingerprint density at radius 2 is 1.81 bits per heavy atom. The third-order valence-electron chi connectivity index (χ3n) is 4.28. The van der Waals surface area contributed by atoms with Crippen LogP contribution >= 0.6 is 23.2 Å². The molecular weight excluding hydrogens is 389 g/mol. The fourth-order valence-electron chi connectivity index (χ4n) is 2.87. The Morgan fingerprint density at radius 1 is 1.07 bits per heavy atom. The maximum Gasteiger partial charge on any atom is 0.271 e. The van der Waals surface area contributed by atoms with Gasteiger partial charge in [0.15, 0.2) is 0 Å². The molecule has 1 aliphatic rings. The van der Waals surface area contributed by atoms with Crippen LogP contribution in [0.3, 0.4) is 0 Å². The van der Waals surface area contributed by atoms with Crippen LogP contribution in [0.1, 0.15) is 22.3 Å². The van der Waals surface area contributed by atoms with Gasteiger partial charge in [-0.25, -0.2) is 0 Å². The number of rotatable bonds is 4. The highest BCUT2D eigenvalue weighted by Crippen LogP contribution is 2.22. The van der Waals surface area contributed by atoms with Gasteiger partial charge in [0.05, 0.1) is 16.5 Å². The van der Waals surface area contributed by atoms with Crippen molar-refractivity contribution in [3.8, 4) is 0 Å². The van der Waals surface area contributed by atoms with E-state index in [9.17, 15) is 14.4 Å². The highest BCUT2D eigenvalue weighted by Gasteiger charge is 2.34. The van der Waals surface area contributed by atoms with Crippen molar-refractivity contribution in [3.63, 3.8) is 0 Å². The second-order valence-electron chi connectivity index (χ2n) is 6.23. The van der Waals surface area contributed by atoms with Gasteiger partial charge >= 0.3 is 0 Å². The Hall–Kier alpha value is -2.57. The van der Waals surface area contributed by atoms with Crippen molar-refractivity contribution < 1.29 is 14.4 Å². The van der Waals surface area contributed by atoms with E-state index in [1.165, 1.54) is 18.2 Å². The number of nitrogens with one attached hydrogen (secondary N) is 2. The van der Waals surface area contributed by atoms with Crippen LogP contribution in [0.4, 0.5) is 0 Å². The molecular formula is C19H17Cl2N3O3. The first kappa shape index (κ1) is 19.2. The van der Waals surface area contributed by atoms with Gasteiger partial charge in [-0.05, 0) is 23.8 Å². The molecule has 3 rings (SSSR count). The average molecular weight is 406 g/mol. The molecule has 2 N–H and O–H groups in total. The van der Waals surface area contributed by atoms with Crippen molar-refractivity contribution in [1.29, 1.82) is 0 Å². The van der Waals surface area contributed by atoms with Crippen LogP contribution in [-0.2, 0) is 16.1 Å². The minimum absolute atomic E-state index is 0.0916. The molecule has 140 valence electrons. The molecule has 0 radical (unpaired) electrons. The van der Waals surface area contributed by atoms with Crippen LogP contribution in [0.25, 0.3) is 0 Å². The number of carbonyl (C=O) groups is 3. The van der Waals surface area contributed by atoms with E-state index in [2.05, 4.69) is 10.9 Å². The number of likely N-dealkylation sites (tertiary alicyclic amines) is 1. The zero-order chi connectivity index (χ0) is 19.4. The van der Waals surface area contributed by atoms with Crippen molar-refractivity contribution in [1.82, 2.24) is 15.8 Å². The maximum atomic E-state index is 12.3. The molecule has 6 nitrogen and oxygen atoms in total. The molecule has 8 heteroatoms. The van der Waals surface area contributed by atoms with Gasteiger partial charge in [0.2, 0.25) is 11.8 Å². The van der Waals surface area contributed by atoms with Crippen molar-refractivity contribution >= 4 is 40.9 Å². The van der Waals surface area contributed by atoms with Gasteiger partial charge in [-0.1, -0.05) is 53.5 Å². The van der Waals surface area contributed by atoms with Crippen molar-refractivity contribution in [2.24, 2.45) is 5.92 Å². The number of halogens is 2. The molecule has 1 aliphatic heterocycles. The first-order valence-corrected chi connectivity index (χ1v) is 9.06. The molecule has 1 heterocycles. The highest BCUT2D eigenvalue weighted by atomic mass is 35.5. The van der Waals surface area contributed by atoms with E-state index in [0.717, 1.165) is 5.56 Å². The quantitative estimate of drug-likeness (QED) is 0.767. The van der Waals surface area contributed by atoms with E-state index in [4.69, 9.17) is 23.2 Å². The van der Waals surface area contributed by atoms with Gasteiger partial charge in [0.1, 0.15) is 0 Å². The Bertz CT molecular complexity index is 874. The lowest BCUT2D eigenvalue weighted by Crippen LogP contribution is -2.45. The zero-order valence-electron chi connectivity index (χ0n) is 14.2. The summed E-state index contributed by atoms with van der Waals surface area (Å²) in [5, 5.41) is 0.586. The van der Waals surface area contributed by atoms with Crippen molar-refractivity contribution in [2.45, 2.75) is 13.0 Å². The van der Waals surface area contributed by atoms with Crippen molar-refractivity contribution in [2.75, 3.05) is 6.54 Å². The summed E-state index contributed by atoms with van der Waals surface area (Å²) in [7, 11) is 0. The minimum atomic E-state index is -0.560. The molecule has 2 aromatic carbocycles. The molecule has 0 spiro atoms. The summed E-state index contributed by atoms with van der Waals surface area (Å²) in [6, 6.07) is 14.0. The topological polar surface area (TPSA) is 78.5 Å². The summed E-state index contributed by atoms with van der Waals surface area (Å²) >= 11 is 11.8. The molecule has 1 saturated heterocycles. The number of hydrazine groups is 1. The van der Waals surface area contributed by atoms with Crippen LogP contribution in [0.5, 0.6) is 0 Å². The lowest BCUT2D eigenvalue weighted by Gasteiger charge is -2.17. The summed E-state index contributed by atoms with van der Waals surface area (Å²) in [5.41, 5.74) is 5.87. The van der Waals surface area contributed by atoms with Gasteiger partial charge in [0.25, 0.3) is 5.91 Å². The molecule has 0 aliphatic carbocycles. The smallest absolute Gasteiger partial charge is 0.271 e. The number of nitrogens with zero attached hydrogens (tertiary/aromatic N) is 1. The number of hydrogen-bond donors (Lipinski definition) is 2. The summed E-state index contributed by atoms with van der Waals surface area (Å²) in [5.74, 6) is -1.60. The molecule has 1 fully saturated rings. The summed E-state index contributed by atoms with van der Waals surface area (Å²) in [4.78, 5) is 38.2. The second kappa shape index (κ2) is 8.41. The van der Waals surface area contributed by atoms with Crippen LogP contribution in [-0.4, -0.2) is 29.2 Å². The first-order chi connectivity index (χ1) is 12.9. The molecule has 1 unspecified atom stereocenters. The largest absolute Gasteiger partial charge is 0.338 e. The van der Waals surface area contributed by atoms with Gasteiger partial charge in [0, 0.05) is 24.5 Å². The standard InChI is InChI=1S/C19H17Cl2N3O3/c20-14-6-7-15(16(21)9-14)19(27)23-22-18(26)13-8-17(25)24(11-13)10-12-4-2-1-3-5-12/h1-7,9,13H,8,10-11H2,(H,22,26)(H,23,27). The molecule has 1 atom stereocenters. The van der Waals surface area contributed by atoms with Crippen molar-refractivity contribution in [3.05, 3.63) is 69.7 Å². The van der Waals surface area contributed by atoms with E-state index in [1.807, 2.05) is 30.3 Å². The molecule has 0 bridgehead atoms. The number of hydrogen-bond acceptors (Lipinski definition) is 3. The Morgan fingerprint density at radius 3 is 2.52 bits per heavy atom. The van der Waals surface area contributed by atoms with E-state index >= 15 is 0 Å². The van der Waals surface area contributed by atoms with Gasteiger partial charge in [-0.15, -0.1) is 0 Å². The lowest BCUT2D eigenvalue weighted by molar-refractivity contribution is -0.129. The number of amides is 3. The normalized spacial score (nSPS) is 16.3. The van der Waals surface area contributed by atoms with Crippen LogP contribution in [0.15, 0.2) is 48.5 Å². The van der Waals surface area contributed by atoms with Gasteiger partial charge < -0.3 is 4.90 Å². The Balaban J connectivity index is 1.54. The lowest BCUT2D eigenvalue weighted by atomic mass is 10.1. The predicted molar refractivity (Wildman–Crippen MR) is 102 cm³/mol. The fraction of sp³-hybridized carbons (Fsp3) is 0.211. The first-order valence-electron chi connectivity index (χ1n) is 8.31. The van der Waals surface area contributed by atoms with E-state index < -0.39 is 17.7 Å². The van der Waals surface area contributed by atoms with Gasteiger partial charge in [-0.3, -0.25) is 25.2 Å². The summed E-state index contributed by atoms with van der Waals surface area (Å²) in [6.07, 6.45) is 0.107. The van der Waals surface area contributed by atoms with E-state index in [1.54, 1.807) is 4.90 Å². The molecule has 0 aromatic heterocycles. The summed E-state index contributed by atoms with van der Waals surface area (Å²) in [6.45, 7) is 0.757. The highest BCUT2D eigenvalue weighted by molar-refractivity contribution is 6.36. The molecule has 2 aromatic rings. The third-order valence-corrected chi connectivity index (χ3v) is 4.82. The van der Waals surface area contributed by atoms with Crippen LogP contribution < -0.4 is 10.9 Å². The minimum Gasteiger partial charge on any atom is -0.338 e. The Labute approximate surface area is 166 Å². The number of benzene rings is 2.